The molecule has 4 heterocycles. The van der Waals surface area contributed by atoms with E-state index in [0.29, 0.717) is 18.0 Å². The quantitative estimate of drug-likeness (QED) is 0.449. The average Bonchev–Trinajstić information content (AvgIpc) is 3.40. The summed E-state index contributed by atoms with van der Waals surface area (Å²) in [5, 5.41) is 7.03. The predicted octanol–water partition coefficient (Wildman–Crippen LogP) is 3.05. The first kappa shape index (κ1) is 20.0. The Bertz CT molecular complexity index is 1120. The molecule has 0 fully saturated rings. The first-order valence-electron chi connectivity index (χ1n) is 9.10. The van der Waals surface area contributed by atoms with Crippen LogP contribution in [-0.4, -0.2) is 56.1 Å². The fourth-order valence-electron chi connectivity index (χ4n) is 3.02. The van der Waals surface area contributed by atoms with Crippen molar-refractivity contribution >= 4 is 11.2 Å². The number of alkyl halides is 3. The van der Waals surface area contributed by atoms with Crippen molar-refractivity contribution in [3.63, 3.8) is 0 Å². The Morgan fingerprint density at radius 3 is 2.77 bits per heavy atom. The zero-order valence-corrected chi connectivity index (χ0v) is 15.9. The number of H-pyrrole nitrogens is 1. The van der Waals surface area contributed by atoms with Crippen LogP contribution in [0.25, 0.3) is 28.1 Å². The molecule has 2 N–H and O–H groups in total. The SMILES string of the molecule is CNCCOC(c1ccc(-n2cc(-c3ccnc4nc[nH]c34)cn2)nc1)C(F)(F)F. The van der Waals surface area contributed by atoms with Crippen LogP contribution < -0.4 is 5.32 Å². The molecule has 8 nitrogen and oxygen atoms in total. The number of rotatable bonds is 7. The number of likely N-dealkylation sites (N-methyl/N-ethyl adjacent to an activating group) is 1. The molecular weight excluding hydrogens is 399 g/mol. The van der Waals surface area contributed by atoms with Gasteiger partial charge in [0.1, 0.15) is 0 Å². The highest BCUT2D eigenvalue weighted by molar-refractivity contribution is 5.88. The Hall–Kier alpha value is -3.31. The number of ether oxygens (including phenoxy) is 1. The minimum absolute atomic E-state index is 0.0666. The maximum Gasteiger partial charge on any atom is 0.418 e. The van der Waals surface area contributed by atoms with E-state index in [9.17, 15) is 13.2 Å². The van der Waals surface area contributed by atoms with Crippen LogP contribution in [0.2, 0.25) is 0 Å². The first-order chi connectivity index (χ1) is 14.5. The molecule has 0 aliphatic carbocycles. The molecule has 4 rings (SSSR count). The molecule has 1 unspecified atom stereocenters. The molecule has 0 aliphatic heterocycles. The van der Waals surface area contributed by atoms with Gasteiger partial charge in [0.15, 0.2) is 17.6 Å². The van der Waals surface area contributed by atoms with Gasteiger partial charge in [-0.25, -0.2) is 19.6 Å². The van der Waals surface area contributed by atoms with E-state index >= 15 is 0 Å². The van der Waals surface area contributed by atoms with Gasteiger partial charge in [-0.3, -0.25) is 0 Å². The van der Waals surface area contributed by atoms with Crippen molar-refractivity contribution in [2.75, 3.05) is 20.2 Å². The topological polar surface area (TPSA) is 93.5 Å². The monoisotopic (exact) mass is 417 g/mol. The molecule has 0 saturated heterocycles. The Morgan fingerprint density at radius 2 is 2.03 bits per heavy atom. The minimum Gasteiger partial charge on any atom is -0.363 e. The average molecular weight is 417 g/mol. The third kappa shape index (κ3) is 4.02. The van der Waals surface area contributed by atoms with Crippen LogP contribution in [0.1, 0.15) is 11.7 Å². The van der Waals surface area contributed by atoms with Gasteiger partial charge in [-0.05, 0) is 19.2 Å². The van der Waals surface area contributed by atoms with E-state index in [-0.39, 0.29) is 12.2 Å². The fourth-order valence-corrected chi connectivity index (χ4v) is 3.02. The van der Waals surface area contributed by atoms with Crippen molar-refractivity contribution in [3.05, 3.63) is 54.9 Å². The zero-order chi connectivity index (χ0) is 21.1. The van der Waals surface area contributed by atoms with Crippen molar-refractivity contribution in [3.8, 4) is 16.9 Å². The highest BCUT2D eigenvalue weighted by atomic mass is 19.4. The summed E-state index contributed by atoms with van der Waals surface area (Å²) in [5.41, 5.74) is 2.94. The fraction of sp³-hybridized carbons (Fsp3) is 0.263. The molecule has 156 valence electrons. The molecular formula is C19H18F3N7O. The third-order valence-electron chi connectivity index (χ3n) is 4.46. The molecule has 30 heavy (non-hydrogen) atoms. The highest BCUT2D eigenvalue weighted by Crippen LogP contribution is 2.35. The second-order valence-electron chi connectivity index (χ2n) is 6.48. The number of halogens is 3. The summed E-state index contributed by atoms with van der Waals surface area (Å²) in [4.78, 5) is 15.5. The van der Waals surface area contributed by atoms with Gasteiger partial charge in [-0.1, -0.05) is 6.07 Å². The molecule has 0 aromatic carbocycles. The van der Waals surface area contributed by atoms with Crippen LogP contribution >= 0.6 is 0 Å². The van der Waals surface area contributed by atoms with Crippen LogP contribution in [0.15, 0.2) is 49.3 Å². The molecule has 0 aliphatic rings. The maximum atomic E-state index is 13.3. The van der Waals surface area contributed by atoms with E-state index in [4.69, 9.17) is 4.74 Å². The van der Waals surface area contributed by atoms with Gasteiger partial charge in [-0.15, -0.1) is 0 Å². The second kappa shape index (κ2) is 8.20. The van der Waals surface area contributed by atoms with Gasteiger partial charge in [-0.2, -0.15) is 18.3 Å². The number of fused-ring (bicyclic) bond motifs is 1. The molecule has 0 bridgehead atoms. The van der Waals surface area contributed by atoms with Crippen molar-refractivity contribution in [1.82, 2.24) is 35.0 Å². The lowest BCUT2D eigenvalue weighted by molar-refractivity contribution is -0.223. The smallest absolute Gasteiger partial charge is 0.363 e. The van der Waals surface area contributed by atoms with Gasteiger partial charge < -0.3 is 15.0 Å². The normalized spacial score (nSPS) is 13.1. The van der Waals surface area contributed by atoms with Gasteiger partial charge in [0, 0.05) is 41.8 Å². The van der Waals surface area contributed by atoms with E-state index in [1.165, 1.54) is 16.8 Å². The van der Waals surface area contributed by atoms with E-state index in [1.54, 1.807) is 32.0 Å². The molecule has 4 aromatic heterocycles. The van der Waals surface area contributed by atoms with E-state index < -0.39 is 12.3 Å². The van der Waals surface area contributed by atoms with Gasteiger partial charge in [0.2, 0.25) is 0 Å². The predicted molar refractivity (Wildman–Crippen MR) is 103 cm³/mol. The molecule has 0 saturated carbocycles. The Kier molecular flexibility index (Phi) is 5.46. The second-order valence-corrected chi connectivity index (χ2v) is 6.48. The first-order valence-corrected chi connectivity index (χ1v) is 9.10. The lowest BCUT2D eigenvalue weighted by Crippen LogP contribution is -2.26. The van der Waals surface area contributed by atoms with E-state index in [2.05, 4.69) is 30.4 Å². The third-order valence-corrected chi connectivity index (χ3v) is 4.46. The zero-order valence-electron chi connectivity index (χ0n) is 15.9. The summed E-state index contributed by atoms with van der Waals surface area (Å²) in [5.74, 6) is 0.385. The van der Waals surface area contributed by atoms with Crippen LogP contribution in [0, 0.1) is 0 Å². The van der Waals surface area contributed by atoms with Crippen LogP contribution in [0.3, 0.4) is 0 Å². The minimum atomic E-state index is -4.54. The highest BCUT2D eigenvalue weighted by Gasteiger charge is 2.42. The molecule has 1 atom stereocenters. The van der Waals surface area contributed by atoms with Crippen LogP contribution in [0.5, 0.6) is 0 Å². The summed E-state index contributed by atoms with van der Waals surface area (Å²) in [6, 6.07) is 4.65. The molecule has 0 radical (unpaired) electrons. The number of nitrogens with zero attached hydrogens (tertiary/aromatic N) is 5. The number of hydrogen-bond acceptors (Lipinski definition) is 6. The molecule has 4 aromatic rings. The van der Waals surface area contributed by atoms with Crippen molar-refractivity contribution in [2.24, 2.45) is 0 Å². The lowest BCUT2D eigenvalue weighted by atomic mass is 10.1. The molecule has 0 spiro atoms. The largest absolute Gasteiger partial charge is 0.418 e. The maximum absolute atomic E-state index is 13.3. The standard InChI is InChI=1S/C19H18F3N7O/c1-23-6-7-30-17(19(20,21)22)12-2-3-15(25-8-12)29-10-13(9-28-29)14-4-5-24-18-16(14)26-11-27-18/h2-5,8-11,17,23H,6-7H2,1H3,(H,24,26,27). The number of imidazole rings is 1. The van der Waals surface area contributed by atoms with Crippen LogP contribution in [-0.2, 0) is 4.74 Å². The summed E-state index contributed by atoms with van der Waals surface area (Å²) in [7, 11) is 1.64. The molecule has 11 heteroatoms. The van der Waals surface area contributed by atoms with Crippen molar-refractivity contribution < 1.29 is 17.9 Å². The van der Waals surface area contributed by atoms with Gasteiger partial charge >= 0.3 is 6.18 Å². The lowest BCUT2D eigenvalue weighted by Gasteiger charge is -2.21. The van der Waals surface area contributed by atoms with E-state index in [0.717, 1.165) is 22.8 Å². The Balaban J connectivity index is 1.58. The van der Waals surface area contributed by atoms with Gasteiger partial charge in [0.05, 0.1) is 24.6 Å². The number of hydrogen-bond donors (Lipinski definition) is 2. The van der Waals surface area contributed by atoms with Crippen molar-refractivity contribution in [1.29, 1.82) is 0 Å². The number of nitrogens with one attached hydrogen (secondary N) is 2. The summed E-state index contributed by atoms with van der Waals surface area (Å²) < 4.78 is 46.5. The van der Waals surface area contributed by atoms with Crippen LogP contribution in [0.4, 0.5) is 13.2 Å². The Morgan fingerprint density at radius 1 is 1.17 bits per heavy atom. The summed E-state index contributed by atoms with van der Waals surface area (Å²) in [6.07, 6.45) is 1.18. The number of aromatic nitrogens is 6. The Labute approximate surface area is 169 Å². The van der Waals surface area contributed by atoms with Crippen molar-refractivity contribution in [2.45, 2.75) is 12.3 Å². The number of pyridine rings is 2. The number of aromatic amines is 1. The van der Waals surface area contributed by atoms with Gasteiger partial charge in [0.25, 0.3) is 0 Å². The molecule has 0 amide bonds. The summed E-state index contributed by atoms with van der Waals surface area (Å²) in [6.45, 7) is 0.242. The summed E-state index contributed by atoms with van der Waals surface area (Å²) >= 11 is 0. The van der Waals surface area contributed by atoms with E-state index in [1.807, 2.05) is 6.07 Å².